The van der Waals surface area contributed by atoms with Gasteiger partial charge in [0.05, 0.1) is 91.5 Å². The molecule has 0 spiro atoms. The van der Waals surface area contributed by atoms with Crippen LogP contribution in [0.25, 0.3) is 10.8 Å². The Labute approximate surface area is 756 Å². The largest absolute Gasteiger partial charge is 1.00 e. The Morgan fingerprint density at radius 3 is 1.45 bits per heavy atom. The third-order valence-corrected chi connectivity index (χ3v) is 16.8. The van der Waals surface area contributed by atoms with E-state index >= 15 is 0 Å². The van der Waals surface area contributed by atoms with Crippen LogP contribution in [0.5, 0.6) is 11.5 Å². The first-order valence-corrected chi connectivity index (χ1v) is 38.0. The van der Waals surface area contributed by atoms with Crippen LogP contribution in [-0.4, -0.2) is 128 Å². The smallest absolute Gasteiger partial charge is 1.00 e. The van der Waals surface area contributed by atoms with Crippen molar-refractivity contribution >= 4 is 165 Å². The molecular formula is C79H71N17Na2O20S3V. The topological polar surface area (TPSA) is 606 Å². The van der Waals surface area contributed by atoms with Gasteiger partial charge in [0.25, 0.3) is 0 Å². The molecule has 0 aliphatic heterocycles. The SMILES string of the molecule is Cc1ccc(N=Nc2ccc(Nc3ccccn3)cc2)cc1C(=O)O.Cc1ccc(N=Nc2ccc(O)c(C(=O)O)c2)cc1C(=O)O.Nc1cc(S(=O)(=O)[O-])cc2cc(SOO[O-])c(N=Nc3ccccc3)c(O)c12.Nc1ccc(N=Nc2ccccc2)c(N)n1.O=C(O)c1ccccc1N=Nc1ccc(N(CCO)CCO)cc1.O=S=O.[CH2]=[V].[Na+].[Na+]. The van der Waals surface area contributed by atoms with Gasteiger partial charge in [-0.25, -0.2) is 37.6 Å². The number of aryl methyl sites for hydroxylation is 2. The van der Waals surface area contributed by atoms with E-state index in [0.717, 1.165) is 35.0 Å². The number of aromatic carboxylic acids is 4. The zero-order valence-electron chi connectivity index (χ0n) is 64.8. The quantitative estimate of drug-likeness (QED) is 0.00481. The molecule has 0 saturated heterocycles. The van der Waals surface area contributed by atoms with Crippen molar-refractivity contribution in [1.82, 2.24) is 9.97 Å². The minimum atomic E-state index is -4.78. The Balaban J connectivity index is 0.000000317. The first kappa shape index (κ1) is 102. The zero-order valence-corrected chi connectivity index (χ0v) is 72.7. The van der Waals surface area contributed by atoms with E-state index in [4.69, 9.17) is 56.3 Å². The maximum Gasteiger partial charge on any atom is 1.00 e. The summed E-state index contributed by atoms with van der Waals surface area (Å²) in [5.74, 6) is -3.77. The first-order chi connectivity index (χ1) is 57.6. The number of nitrogens with one attached hydrogen (secondary N) is 1. The number of hydrogen-bond donors (Lipinski definition) is 12. The second kappa shape index (κ2) is 53.3. The summed E-state index contributed by atoms with van der Waals surface area (Å²) in [7, 11) is -4.78. The van der Waals surface area contributed by atoms with Gasteiger partial charge in [-0.3, -0.25) is 5.04 Å². The van der Waals surface area contributed by atoms with Gasteiger partial charge in [-0.15, -0.1) is 15.3 Å². The van der Waals surface area contributed by atoms with Gasteiger partial charge in [-0.2, -0.15) is 48.6 Å². The number of aliphatic hydroxyl groups excluding tert-OH is 2. The zero-order chi connectivity index (χ0) is 87.7. The summed E-state index contributed by atoms with van der Waals surface area (Å²) in [5.41, 5.74) is 24.2. The molecule has 0 aliphatic carbocycles. The molecular weight excluding hydrogens is 1700 g/mol. The molecule has 0 saturated carbocycles. The summed E-state index contributed by atoms with van der Waals surface area (Å²) >= 11 is 1.73. The number of azo groups is 5. The number of aliphatic hydroxyl groups is 2. The Hall–Kier alpha value is -12.4. The fourth-order valence-corrected chi connectivity index (χ4v) is 10.8. The number of carboxylic acids is 4. The molecule has 12 aromatic rings. The van der Waals surface area contributed by atoms with Crippen LogP contribution in [0.2, 0.25) is 0 Å². The molecule has 0 atom stereocenters. The number of phenolic OH excluding ortho intramolecular Hbond substituents is 1. The van der Waals surface area contributed by atoms with E-state index in [0.29, 0.717) is 76.2 Å². The maximum absolute atomic E-state index is 11.3. The van der Waals surface area contributed by atoms with Gasteiger partial charge in [0.1, 0.15) is 50.1 Å². The molecule has 2 aromatic heterocycles. The minimum Gasteiger partial charge on any atom is 1.00 e. The molecule has 0 aliphatic rings. The van der Waals surface area contributed by atoms with Crippen molar-refractivity contribution in [2.75, 3.05) is 53.7 Å². The van der Waals surface area contributed by atoms with Crippen molar-refractivity contribution in [1.29, 1.82) is 0 Å². The number of anilines is 6. The number of aromatic nitrogens is 2. The molecule has 0 bridgehead atoms. The average Bonchev–Trinajstić information content (AvgIpc) is 0.761. The molecule has 122 heavy (non-hydrogen) atoms. The van der Waals surface area contributed by atoms with Crippen LogP contribution in [0.1, 0.15) is 52.6 Å². The van der Waals surface area contributed by atoms with E-state index in [-0.39, 0.29) is 145 Å². The van der Waals surface area contributed by atoms with E-state index in [2.05, 4.69) is 98.0 Å². The number of pyridine rings is 2. The van der Waals surface area contributed by atoms with Gasteiger partial charge < -0.3 is 78.1 Å². The Bertz CT molecular complexity index is 5740. The summed E-state index contributed by atoms with van der Waals surface area (Å²) in [6.07, 6.45) is 1.72. The van der Waals surface area contributed by atoms with Crippen LogP contribution in [0.4, 0.5) is 91.4 Å². The van der Waals surface area contributed by atoms with Gasteiger partial charge in [0, 0.05) is 41.7 Å². The van der Waals surface area contributed by atoms with Gasteiger partial charge in [-0.1, -0.05) is 66.7 Å². The second-order valence-electron chi connectivity index (χ2n) is 23.5. The number of rotatable bonds is 25. The number of phenols is 2. The van der Waals surface area contributed by atoms with Crippen molar-refractivity contribution in [3.63, 3.8) is 0 Å². The van der Waals surface area contributed by atoms with Gasteiger partial charge in [0.15, 0.2) is 11.6 Å². The van der Waals surface area contributed by atoms with E-state index in [1.54, 1.807) is 117 Å². The monoisotopic (exact) mass is 1770 g/mol. The third kappa shape index (κ3) is 33.3. The second-order valence-corrected chi connectivity index (χ2v) is 25.8. The molecule has 0 amide bonds. The van der Waals surface area contributed by atoms with E-state index in [1.807, 2.05) is 89.8 Å². The molecule has 10 aromatic carbocycles. The van der Waals surface area contributed by atoms with Gasteiger partial charge in [0.2, 0.25) is 0 Å². The minimum absolute atomic E-state index is 0. The van der Waals surface area contributed by atoms with E-state index in [9.17, 15) is 47.6 Å². The number of hydrogen-bond acceptors (Lipinski definition) is 34. The Kier molecular flexibility index (Phi) is 44.5. The first-order valence-electron chi connectivity index (χ1n) is 34.2. The summed E-state index contributed by atoms with van der Waals surface area (Å²) in [5, 5.41) is 134. The van der Waals surface area contributed by atoms with Crippen LogP contribution in [0.3, 0.4) is 0 Å². The van der Waals surface area contributed by atoms with Crippen LogP contribution in [-0.2, 0) is 48.0 Å². The third-order valence-electron chi connectivity index (χ3n) is 15.4. The fraction of sp³-hybridized carbons (Fsp3) is 0.0759. The molecule has 0 unspecified atom stereocenters. The number of carboxylic acid groups (broad SMARTS) is 4. The molecule has 37 nitrogen and oxygen atoms in total. The van der Waals surface area contributed by atoms with Crippen LogP contribution >= 0.6 is 12.0 Å². The van der Waals surface area contributed by atoms with Gasteiger partial charge in [-0.05, 0) is 200 Å². The van der Waals surface area contributed by atoms with Crippen LogP contribution in [0.15, 0.2) is 304 Å². The summed E-state index contributed by atoms with van der Waals surface area (Å²) < 4.78 is 54.8. The molecule has 43 heteroatoms. The number of nitrogens with two attached hydrogens (primary N) is 3. The molecule has 617 valence electrons. The Morgan fingerprint density at radius 1 is 0.525 bits per heavy atom. The number of aromatic hydroxyl groups is 2. The molecule has 15 N–H and O–H groups in total. The van der Waals surface area contributed by atoms with Crippen LogP contribution < -0.4 is 91.8 Å². The molecule has 0 radical (unpaired) electrons. The standard InChI is InChI=1S/C19H16N4O2.C17H19N3O4.C16H13N3O7S2.C15H12N2O5.C11H11N5.CH2.2Na.O2S.V/c1-13-5-6-16(12-17(13)19(24)25)23-22-15-9-7-14(8-10-15)21-18-4-2-3-11-20-18;21-11-9-20(10-12-22)14-7-5-13(6-8-14)18-19-16-4-2-1-3-15(16)17(23)24;17-12-8-11(28(22,23)24)6-9-7-13(27-26-25-21)15(16(20)14(9)12)19-18-10-4-2-1-3-5-10;1-8-2-3-9(6-11(8)14(19)20)16-17-10-4-5-13(18)12(7-10)15(21)22;12-10-7-6-9(11(13)14-10)16-15-8-4-2-1-3-5-8;;;;1-3-2;/h2-12H,1H3,(H,20,21)(H,24,25);1-8,21-22H,9-12H2,(H,23,24);1-8,20-21H,17H2,(H,22,23,24);2-7,18H,1H3,(H,19,20)(H,21,22);1-7H,(H4,12,13,14);1H2;;;;/q;;;;;;2*+1;;/p-2. The van der Waals surface area contributed by atoms with E-state index in [1.165, 1.54) is 42.5 Å². The van der Waals surface area contributed by atoms with Gasteiger partial charge >= 0.3 is 117 Å². The Morgan fingerprint density at radius 2 is 0.967 bits per heavy atom. The maximum atomic E-state index is 11.3. The summed E-state index contributed by atoms with van der Waals surface area (Å²) in [6.45, 7) is 4.25. The number of nitrogen functional groups attached to an aromatic ring is 3. The van der Waals surface area contributed by atoms with Crippen molar-refractivity contribution in [2.45, 2.75) is 23.6 Å². The fourth-order valence-electron chi connectivity index (χ4n) is 9.81. The predicted octanol–water partition coefficient (Wildman–Crippen LogP) is 9.99. The summed E-state index contributed by atoms with van der Waals surface area (Å²) in [4.78, 5) is 53.7. The number of benzene rings is 10. The van der Waals surface area contributed by atoms with Crippen molar-refractivity contribution in [3.05, 3.63) is 276 Å². The van der Waals surface area contributed by atoms with E-state index < -0.39 is 56.2 Å². The van der Waals surface area contributed by atoms with Crippen molar-refractivity contribution < 1.29 is 172 Å². The predicted molar refractivity (Wildman–Crippen MR) is 440 cm³/mol. The average molecular weight is 1770 g/mol. The van der Waals surface area contributed by atoms with Crippen molar-refractivity contribution in [3.8, 4) is 11.5 Å². The molecule has 12 rings (SSSR count). The van der Waals surface area contributed by atoms with Crippen molar-refractivity contribution in [2.24, 2.45) is 51.1 Å². The van der Waals surface area contributed by atoms with Crippen LogP contribution in [0, 0.1) is 13.8 Å². The number of carbonyl (C=O) groups is 4. The molecule has 2 heterocycles. The summed E-state index contributed by atoms with van der Waals surface area (Å²) in [6, 6.07) is 64.5. The number of fused-ring (bicyclic) bond motifs is 1. The number of nitrogens with zero attached hydrogens (tertiary/aromatic N) is 13. The normalized spacial score (nSPS) is 10.6. The molecule has 0 fully saturated rings.